The zero-order valence-electron chi connectivity index (χ0n) is 9.03. The Bertz CT molecular complexity index is 295. The van der Waals surface area contributed by atoms with Crippen LogP contribution in [-0.2, 0) is 11.3 Å². The van der Waals surface area contributed by atoms with E-state index in [9.17, 15) is 0 Å². The third-order valence-corrected chi connectivity index (χ3v) is 2.53. The number of aryl methyl sites for hydroxylation is 1. The molecule has 1 fully saturated rings. The van der Waals surface area contributed by atoms with Gasteiger partial charge in [0.15, 0.2) is 5.82 Å². The minimum atomic E-state index is 0.416. The topological polar surface area (TPSA) is 60.2 Å². The van der Waals surface area contributed by atoms with Gasteiger partial charge in [0.1, 0.15) is 6.61 Å². The number of ether oxygens (including phenoxy) is 1. The Balaban J connectivity index is 1.65. The van der Waals surface area contributed by atoms with E-state index in [1.54, 1.807) is 6.92 Å². The number of nitrogens with zero attached hydrogens (tertiary/aromatic N) is 2. The van der Waals surface area contributed by atoms with E-state index in [0.717, 1.165) is 13.2 Å². The van der Waals surface area contributed by atoms with Gasteiger partial charge in [-0.1, -0.05) is 11.6 Å². The Kier molecular flexibility index (Phi) is 3.69. The number of nitrogens with one attached hydrogen (secondary N) is 1. The molecule has 0 bridgehead atoms. The normalized spacial score (nSPS) is 21.8. The van der Waals surface area contributed by atoms with Crippen LogP contribution in [0.4, 0.5) is 0 Å². The molecule has 5 nitrogen and oxygen atoms in total. The second kappa shape index (κ2) is 5.23. The summed E-state index contributed by atoms with van der Waals surface area (Å²) in [6.45, 7) is 4.05. The van der Waals surface area contributed by atoms with Gasteiger partial charge in [0.05, 0.1) is 6.61 Å². The SMILES string of the molecule is Cc1noc(COCC2CCCCN2)n1. The lowest BCUT2D eigenvalue weighted by Gasteiger charge is -2.22. The fraction of sp³-hybridized carbons (Fsp3) is 0.800. The quantitative estimate of drug-likeness (QED) is 0.806. The molecule has 1 unspecified atom stereocenters. The third kappa shape index (κ3) is 3.28. The molecule has 0 amide bonds. The molecular weight excluding hydrogens is 194 g/mol. The first-order valence-corrected chi connectivity index (χ1v) is 5.45. The second-order valence-corrected chi connectivity index (χ2v) is 3.90. The lowest BCUT2D eigenvalue weighted by atomic mass is 10.1. The summed E-state index contributed by atoms with van der Waals surface area (Å²) in [5.74, 6) is 1.22. The van der Waals surface area contributed by atoms with E-state index >= 15 is 0 Å². The molecule has 1 atom stereocenters. The fourth-order valence-electron chi connectivity index (χ4n) is 1.75. The van der Waals surface area contributed by atoms with Crippen LogP contribution >= 0.6 is 0 Å². The minimum Gasteiger partial charge on any atom is -0.370 e. The first kappa shape index (κ1) is 10.6. The highest BCUT2D eigenvalue weighted by atomic mass is 16.5. The lowest BCUT2D eigenvalue weighted by molar-refractivity contribution is 0.0732. The predicted octanol–water partition coefficient (Wildman–Crippen LogP) is 1.04. The number of aromatic nitrogens is 2. The van der Waals surface area contributed by atoms with Gasteiger partial charge in [-0.2, -0.15) is 4.98 Å². The van der Waals surface area contributed by atoms with E-state index in [1.807, 2.05) is 0 Å². The Labute approximate surface area is 89.2 Å². The summed E-state index contributed by atoms with van der Waals surface area (Å²) in [5, 5.41) is 7.12. The van der Waals surface area contributed by atoms with Crippen molar-refractivity contribution in [3.8, 4) is 0 Å². The average molecular weight is 211 g/mol. The number of hydrogen-bond donors (Lipinski definition) is 1. The van der Waals surface area contributed by atoms with Crippen LogP contribution in [0.5, 0.6) is 0 Å². The second-order valence-electron chi connectivity index (χ2n) is 3.90. The van der Waals surface area contributed by atoms with Gasteiger partial charge >= 0.3 is 0 Å². The molecule has 1 saturated heterocycles. The largest absolute Gasteiger partial charge is 0.370 e. The third-order valence-electron chi connectivity index (χ3n) is 2.53. The molecular formula is C10H17N3O2. The van der Waals surface area contributed by atoms with Crippen LogP contribution in [0.15, 0.2) is 4.52 Å². The highest BCUT2D eigenvalue weighted by Gasteiger charge is 2.12. The molecule has 1 N–H and O–H groups in total. The van der Waals surface area contributed by atoms with Crippen molar-refractivity contribution in [1.82, 2.24) is 15.5 Å². The smallest absolute Gasteiger partial charge is 0.252 e. The molecule has 2 heterocycles. The van der Waals surface area contributed by atoms with Gasteiger partial charge in [-0.25, -0.2) is 0 Å². The average Bonchev–Trinajstić information content (AvgIpc) is 2.66. The highest BCUT2D eigenvalue weighted by molar-refractivity contribution is 4.80. The molecule has 0 aromatic carbocycles. The number of rotatable bonds is 4. The maximum atomic E-state index is 5.51. The number of hydrogen-bond acceptors (Lipinski definition) is 5. The summed E-state index contributed by atoms with van der Waals surface area (Å²) in [6, 6.07) is 0.489. The minimum absolute atomic E-state index is 0.416. The van der Waals surface area contributed by atoms with Crippen LogP contribution in [-0.4, -0.2) is 29.3 Å². The molecule has 84 valence electrons. The summed E-state index contributed by atoms with van der Waals surface area (Å²) in [7, 11) is 0. The van der Waals surface area contributed by atoms with Gasteiger partial charge in [0.25, 0.3) is 5.89 Å². The summed E-state index contributed by atoms with van der Waals surface area (Å²) >= 11 is 0. The maximum absolute atomic E-state index is 5.51. The van der Waals surface area contributed by atoms with Crippen LogP contribution in [0.3, 0.4) is 0 Å². The molecule has 5 heteroatoms. The first-order chi connectivity index (χ1) is 7.34. The monoisotopic (exact) mass is 211 g/mol. The van der Waals surface area contributed by atoms with Gasteiger partial charge in [0, 0.05) is 6.04 Å². The highest BCUT2D eigenvalue weighted by Crippen LogP contribution is 2.08. The molecule has 1 aliphatic heterocycles. The van der Waals surface area contributed by atoms with Crippen molar-refractivity contribution in [2.45, 2.75) is 38.8 Å². The molecule has 2 rings (SSSR count). The Morgan fingerprint density at radius 2 is 2.47 bits per heavy atom. The molecule has 1 aromatic rings. The van der Waals surface area contributed by atoms with Crippen molar-refractivity contribution < 1.29 is 9.26 Å². The van der Waals surface area contributed by atoms with E-state index in [1.165, 1.54) is 19.3 Å². The predicted molar refractivity (Wildman–Crippen MR) is 54.3 cm³/mol. The van der Waals surface area contributed by atoms with Gasteiger partial charge in [-0.3, -0.25) is 0 Å². The maximum Gasteiger partial charge on any atom is 0.252 e. The lowest BCUT2D eigenvalue weighted by Crippen LogP contribution is -2.37. The van der Waals surface area contributed by atoms with E-state index in [0.29, 0.717) is 24.4 Å². The molecule has 0 aliphatic carbocycles. The Hall–Kier alpha value is -0.940. The molecule has 15 heavy (non-hydrogen) atoms. The summed E-state index contributed by atoms with van der Waals surface area (Å²) in [6.07, 6.45) is 3.77. The van der Waals surface area contributed by atoms with E-state index in [-0.39, 0.29) is 0 Å². The van der Waals surface area contributed by atoms with Gasteiger partial charge in [-0.15, -0.1) is 0 Å². The molecule has 1 aromatic heterocycles. The van der Waals surface area contributed by atoms with Crippen LogP contribution in [0.2, 0.25) is 0 Å². The van der Waals surface area contributed by atoms with Crippen molar-refractivity contribution in [2.24, 2.45) is 0 Å². The molecule has 0 radical (unpaired) electrons. The van der Waals surface area contributed by atoms with E-state index < -0.39 is 0 Å². The van der Waals surface area contributed by atoms with Gasteiger partial charge in [0.2, 0.25) is 0 Å². The van der Waals surface area contributed by atoms with Gasteiger partial charge in [-0.05, 0) is 26.3 Å². The zero-order valence-corrected chi connectivity index (χ0v) is 9.03. The van der Waals surface area contributed by atoms with E-state index in [2.05, 4.69) is 15.5 Å². The Morgan fingerprint density at radius 1 is 1.53 bits per heavy atom. The van der Waals surface area contributed by atoms with Crippen molar-refractivity contribution in [3.63, 3.8) is 0 Å². The molecule has 0 saturated carbocycles. The first-order valence-electron chi connectivity index (χ1n) is 5.45. The van der Waals surface area contributed by atoms with Crippen molar-refractivity contribution in [2.75, 3.05) is 13.2 Å². The van der Waals surface area contributed by atoms with Gasteiger partial charge < -0.3 is 14.6 Å². The van der Waals surface area contributed by atoms with E-state index in [4.69, 9.17) is 9.26 Å². The van der Waals surface area contributed by atoms with Crippen LogP contribution < -0.4 is 5.32 Å². The summed E-state index contributed by atoms with van der Waals surface area (Å²) < 4.78 is 10.5. The van der Waals surface area contributed by atoms with Crippen molar-refractivity contribution >= 4 is 0 Å². The van der Waals surface area contributed by atoms with Crippen LogP contribution in [0.1, 0.15) is 31.0 Å². The standard InChI is InChI=1S/C10H17N3O2/c1-8-12-10(15-13-8)7-14-6-9-4-2-3-5-11-9/h9,11H,2-7H2,1H3. The fourth-order valence-corrected chi connectivity index (χ4v) is 1.75. The molecule has 1 aliphatic rings. The summed E-state index contributed by atoms with van der Waals surface area (Å²) in [4.78, 5) is 4.07. The number of piperidine rings is 1. The van der Waals surface area contributed by atoms with Crippen molar-refractivity contribution in [3.05, 3.63) is 11.7 Å². The zero-order chi connectivity index (χ0) is 10.5. The van der Waals surface area contributed by atoms with Crippen LogP contribution in [0, 0.1) is 6.92 Å². The van der Waals surface area contributed by atoms with Crippen LogP contribution in [0.25, 0.3) is 0 Å². The Morgan fingerprint density at radius 3 is 3.13 bits per heavy atom. The molecule has 0 spiro atoms. The summed E-state index contributed by atoms with van der Waals surface area (Å²) in [5.41, 5.74) is 0. The van der Waals surface area contributed by atoms with Crippen molar-refractivity contribution in [1.29, 1.82) is 0 Å².